The summed E-state index contributed by atoms with van der Waals surface area (Å²) >= 11 is 11.8. The fourth-order valence-corrected chi connectivity index (χ4v) is 12.4. The highest BCUT2D eigenvalue weighted by Gasteiger charge is 2.57. The monoisotopic (exact) mass is 988 g/mol. The van der Waals surface area contributed by atoms with Gasteiger partial charge in [-0.1, -0.05) is 6.42 Å². The zero-order chi connectivity index (χ0) is 46.0. The Morgan fingerprint density at radius 3 is 1.19 bits per heavy atom. The quantitative estimate of drug-likeness (QED) is 0.109. The molecule has 0 spiro atoms. The normalized spacial score (nSPS) is 25.5. The lowest BCUT2D eigenvalue weighted by Crippen LogP contribution is -2.29. The number of aromatic nitrogens is 13. The summed E-state index contributed by atoms with van der Waals surface area (Å²) in [6.07, 6.45) is 18.4. The number of nitrogens with one attached hydrogen (secondary N) is 3. The molecular formula is C48H55Cl3N18. The van der Waals surface area contributed by atoms with Crippen LogP contribution in [0.25, 0.3) is 33.1 Å². The van der Waals surface area contributed by atoms with Gasteiger partial charge in [-0.2, -0.15) is 0 Å². The molecule has 3 N–H and O–H groups in total. The van der Waals surface area contributed by atoms with Gasteiger partial charge < -0.3 is 39.5 Å². The maximum Gasteiger partial charge on any atom is 0.224 e. The average molecular weight is 990 g/mol. The number of piperidine rings is 2. The molecule has 69 heavy (non-hydrogen) atoms. The van der Waals surface area contributed by atoms with E-state index in [0.29, 0.717) is 22.4 Å². The lowest BCUT2D eigenvalue weighted by Gasteiger charge is -2.23. The fraction of sp³-hybridized carbons (Fsp3) is 0.458. The van der Waals surface area contributed by atoms with E-state index in [0.717, 1.165) is 149 Å². The third-order valence-electron chi connectivity index (χ3n) is 15.7. The van der Waals surface area contributed by atoms with Crippen LogP contribution >= 0.6 is 35.6 Å². The summed E-state index contributed by atoms with van der Waals surface area (Å²) in [7, 11) is 6.39. The third kappa shape index (κ3) is 8.90. The van der Waals surface area contributed by atoms with E-state index in [9.17, 15) is 0 Å². The van der Waals surface area contributed by atoms with Crippen molar-refractivity contribution < 1.29 is 0 Å². The smallest absolute Gasteiger partial charge is 0.224 e. The number of fused-ring (bicyclic) bond motifs is 6. The van der Waals surface area contributed by atoms with Gasteiger partial charge in [0.2, 0.25) is 10.6 Å². The molecule has 358 valence electrons. The Hall–Kier alpha value is -6.11. The van der Waals surface area contributed by atoms with Crippen LogP contribution in [-0.4, -0.2) is 132 Å². The average Bonchev–Trinajstić information content (AvgIpc) is 3.93. The van der Waals surface area contributed by atoms with Gasteiger partial charge in [-0.25, -0.2) is 49.8 Å². The van der Waals surface area contributed by atoms with Crippen molar-refractivity contribution in [1.82, 2.24) is 64.8 Å². The van der Waals surface area contributed by atoms with Crippen LogP contribution in [0.2, 0.25) is 10.6 Å². The fourth-order valence-electron chi connectivity index (χ4n) is 12.2. The SMILES string of the molecule is CN(CC1[C@H]2CCC[C@@H]12)c1ncnc2[nH]ccc12.CN(CC1[C@H]2CN(c3ccnc(Cl)n3)C[C@@H]12)c1ncnc2[nH]ccc12.CN(CC1[C@H]2CN(c3ccnc(Cl)n3)C[C@@H]12)c1ncnc2[nH]ccc12.Cl. The Morgan fingerprint density at radius 1 is 0.493 bits per heavy atom. The molecule has 3 unspecified atom stereocenters. The van der Waals surface area contributed by atoms with Gasteiger partial charge in [-0.05, 0) is 120 Å². The van der Waals surface area contributed by atoms with Crippen molar-refractivity contribution in [3.63, 3.8) is 0 Å². The number of hydrogen-bond donors (Lipinski definition) is 3. The summed E-state index contributed by atoms with van der Waals surface area (Å²) in [6.45, 7) is 7.35. The molecule has 0 aromatic carbocycles. The number of H-pyrrole nitrogens is 3. The third-order valence-corrected chi connectivity index (χ3v) is 16.1. The minimum Gasteiger partial charge on any atom is -0.359 e. The molecule has 0 bridgehead atoms. The summed E-state index contributed by atoms with van der Waals surface area (Å²) in [5.41, 5.74) is 2.71. The van der Waals surface area contributed by atoms with Gasteiger partial charge in [0.05, 0.1) is 16.2 Å². The van der Waals surface area contributed by atoms with Crippen LogP contribution in [0.3, 0.4) is 0 Å². The molecule has 8 aromatic heterocycles. The standard InChI is InChI=1S/2C17H18ClN7.C14H18N4.ClH/c2*1-24(16-10-2-4-19-15(10)21-9-22-16)6-11-12-7-25(8-13(11)12)14-3-5-20-17(18)23-14;1-18(7-12-9-3-2-4-10(9)12)14-11-5-6-15-13(11)16-8-17-14;/h2*2-5,9,11-13H,6-8H2,1H3,(H,19,21,22);5-6,8-10,12H,2-4,7H2,1H3,(H,15,16,17);1H/t2*11?,12-,13+;9-,10+,12?;. The van der Waals surface area contributed by atoms with Crippen LogP contribution in [0.4, 0.5) is 29.1 Å². The number of nitrogens with zero attached hydrogens (tertiary/aromatic N) is 15. The van der Waals surface area contributed by atoms with Crippen molar-refractivity contribution in [2.45, 2.75) is 19.3 Å². The Bertz CT molecular complexity index is 2890. The summed E-state index contributed by atoms with van der Waals surface area (Å²) in [6, 6.07) is 10.0. The van der Waals surface area contributed by atoms with E-state index >= 15 is 0 Å². The number of rotatable bonds is 11. The molecule has 6 fully saturated rings. The lowest BCUT2D eigenvalue weighted by atomic mass is 10.1. The molecule has 14 rings (SSSR count). The van der Waals surface area contributed by atoms with Crippen molar-refractivity contribution in [2.24, 2.45) is 53.3 Å². The van der Waals surface area contributed by atoms with Gasteiger partial charge in [-0.3, -0.25) is 0 Å². The van der Waals surface area contributed by atoms with Crippen molar-refractivity contribution in [3.05, 3.63) is 90.9 Å². The topological polar surface area (TPSA) is 192 Å². The minimum atomic E-state index is 0. The molecule has 18 nitrogen and oxygen atoms in total. The Balaban J connectivity index is 0.000000114. The molecular weight excluding hydrogens is 935 g/mol. The first-order valence-electron chi connectivity index (χ1n) is 23.7. The number of halogens is 3. The molecule has 0 radical (unpaired) electrons. The lowest BCUT2D eigenvalue weighted by molar-refractivity contribution is 0.583. The first kappa shape index (κ1) is 45.3. The van der Waals surface area contributed by atoms with Gasteiger partial charge in [0, 0.05) is 97.9 Å². The zero-order valence-corrected chi connectivity index (χ0v) is 41.0. The molecule has 21 heteroatoms. The van der Waals surface area contributed by atoms with Gasteiger partial charge >= 0.3 is 0 Å². The second-order valence-electron chi connectivity index (χ2n) is 19.5. The molecule has 6 aliphatic rings. The van der Waals surface area contributed by atoms with Crippen LogP contribution in [-0.2, 0) is 0 Å². The van der Waals surface area contributed by atoms with Crippen molar-refractivity contribution in [3.8, 4) is 0 Å². The number of aromatic amines is 3. The predicted molar refractivity (Wildman–Crippen MR) is 272 cm³/mol. The van der Waals surface area contributed by atoms with Gasteiger partial charge in [0.15, 0.2) is 0 Å². The molecule has 2 saturated heterocycles. The van der Waals surface area contributed by atoms with E-state index in [1.807, 2.05) is 42.9 Å². The Morgan fingerprint density at radius 2 is 0.841 bits per heavy atom. The van der Waals surface area contributed by atoms with E-state index in [2.05, 4.69) is 117 Å². The minimum absolute atomic E-state index is 0. The van der Waals surface area contributed by atoms with Crippen molar-refractivity contribution >= 4 is 97.8 Å². The van der Waals surface area contributed by atoms with E-state index in [4.69, 9.17) is 23.2 Å². The van der Waals surface area contributed by atoms with Gasteiger partial charge in [-0.15, -0.1) is 12.4 Å². The van der Waals surface area contributed by atoms with E-state index in [-0.39, 0.29) is 12.4 Å². The second kappa shape index (κ2) is 18.7. The van der Waals surface area contributed by atoms with Gasteiger partial charge in [0.25, 0.3) is 0 Å². The van der Waals surface area contributed by atoms with Crippen molar-refractivity contribution in [1.29, 1.82) is 0 Å². The van der Waals surface area contributed by atoms with Crippen LogP contribution in [0.1, 0.15) is 19.3 Å². The summed E-state index contributed by atoms with van der Waals surface area (Å²) in [5, 5.41) is 3.91. The Labute approximate surface area is 415 Å². The maximum atomic E-state index is 5.90. The predicted octanol–water partition coefficient (Wildman–Crippen LogP) is 7.30. The van der Waals surface area contributed by atoms with Gasteiger partial charge in [0.1, 0.15) is 65.0 Å². The molecule has 9 atom stereocenters. The van der Waals surface area contributed by atoms with Crippen LogP contribution < -0.4 is 24.5 Å². The van der Waals surface area contributed by atoms with E-state index in [1.165, 1.54) is 19.3 Å². The highest BCUT2D eigenvalue weighted by Crippen LogP contribution is 2.58. The van der Waals surface area contributed by atoms with Crippen LogP contribution in [0, 0.1) is 53.3 Å². The molecule has 2 aliphatic heterocycles. The number of hydrogen-bond acceptors (Lipinski definition) is 15. The molecule has 10 heterocycles. The molecule has 8 aromatic rings. The van der Waals surface area contributed by atoms with Crippen molar-refractivity contribution in [2.75, 3.05) is 91.5 Å². The highest BCUT2D eigenvalue weighted by molar-refractivity contribution is 6.28. The number of anilines is 5. The summed E-state index contributed by atoms with van der Waals surface area (Å²) in [4.78, 5) is 63.6. The maximum absolute atomic E-state index is 5.90. The molecule has 4 saturated carbocycles. The first-order valence-corrected chi connectivity index (χ1v) is 24.5. The second-order valence-corrected chi connectivity index (χ2v) is 20.2. The van der Waals surface area contributed by atoms with E-state index in [1.54, 1.807) is 31.4 Å². The highest BCUT2D eigenvalue weighted by atomic mass is 35.5. The summed E-state index contributed by atoms with van der Waals surface area (Å²) in [5.74, 6) is 12.2. The molecule has 0 amide bonds. The largest absolute Gasteiger partial charge is 0.359 e. The van der Waals surface area contributed by atoms with Crippen LogP contribution in [0.5, 0.6) is 0 Å². The van der Waals surface area contributed by atoms with Crippen LogP contribution in [0.15, 0.2) is 80.3 Å². The zero-order valence-electron chi connectivity index (χ0n) is 38.6. The molecule has 4 aliphatic carbocycles. The Kier molecular flexibility index (Phi) is 12.3. The van der Waals surface area contributed by atoms with E-state index < -0.39 is 0 Å². The summed E-state index contributed by atoms with van der Waals surface area (Å²) < 4.78 is 0. The first-order chi connectivity index (χ1) is 33.3.